The van der Waals surface area contributed by atoms with Crippen LogP contribution in [-0.2, 0) is 4.79 Å². The van der Waals surface area contributed by atoms with Gasteiger partial charge in [-0.25, -0.2) is 4.79 Å². The Balaban J connectivity index is 2.15. The van der Waals surface area contributed by atoms with Gasteiger partial charge in [-0.15, -0.1) is 0 Å². The van der Waals surface area contributed by atoms with Gasteiger partial charge in [0.1, 0.15) is 11.3 Å². The van der Waals surface area contributed by atoms with Gasteiger partial charge in [0.15, 0.2) is 0 Å². The fourth-order valence-corrected chi connectivity index (χ4v) is 2.81. The summed E-state index contributed by atoms with van der Waals surface area (Å²) >= 11 is 0. The molecule has 0 spiro atoms. The second-order valence-corrected chi connectivity index (χ2v) is 5.54. The zero-order valence-corrected chi connectivity index (χ0v) is 11.8. The molecule has 21 heavy (non-hydrogen) atoms. The number of nitrogens with two attached hydrogens (primary N) is 1. The molecular formula is C15H20N2O4. The maximum atomic E-state index is 12.5. The number of phenols is 1. The molecule has 2 rings (SSSR count). The van der Waals surface area contributed by atoms with Crippen LogP contribution in [0.1, 0.15) is 42.5 Å². The SMILES string of the molecule is NCC1(C(=O)Nc2ccc(C(=O)O)c(O)c2)CCCCC1. The van der Waals surface area contributed by atoms with Crippen molar-refractivity contribution in [2.75, 3.05) is 11.9 Å². The number of benzene rings is 1. The van der Waals surface area contributed by atoms with Crippen LogP contribution in [0.5, 0.6) is 5.75 Å². The maximum absolute atomic E-state index is 12.5. The first-order valence-corrected chi connectivity index (χ1v) is 7.06. The minimum absolute atomic E-state index is 0.160. The molecule has 1 aliphatic rings. The van der Waals surface area contributed by atoms with Gasteiger partial charge in [-0.05, 0) is 25.0 Å². The van der Waals surface area contributed by atoms with Crippen LogP contribution >= 0.6 is 0 Å². The van der Waals surface area contributed by atoms with Gasteiger partial charge in [-0.2, -0.15) is 0 Å². The third-order valence-electron chi connectivity index (χ3n) is 4.17. The number of carbonyl (C=O) groups is 2. The molecule has 0 aliphatic heterocycles. The largest absolute Gasteiger partial charge is 0.507 e. The molecule has 0 radical (unpaired) electrons. The van der Waals surface area contributed by atoms with E-state index < -0.39 is 11.4 Å². The van der Waals surface area contributed by atoms with Crippen LogP contribution in [0, 0.1) is 5.41 Å². The van der Waals surface area contributed by atoms with E-state index in [1.807, 2.05) is 0 Å². The number of carboxylic acids is 1. The molecule has 1 amide bonds. The second-order valence-electron chi connectivity index (χ2n) is 5.54. The summed E-state index contributed by atoms with van der Waals surface area (Å²) in [6, 6.07) is 3.98. The van der Waals surface area contributed by atoms with Crippen molar-refractivity contribution >= 4 is 17.6 Å². The smallest absolute Gasteiger partial charge is 0.339 e. The minimum atomic E-state index is -1.21. The van der Waals surface area contributed by atoms with E-state index in [0.717, 1.165) is 32.1 Å². The lowest BCUT2D eigenvalue weighted by Crippen LogP contribution is -2.43. The highest BCUT2D eigenvalue weighted by Crippen LogP contribution is 2.36. The summed E-state index contributed by atoms with van der Waals surface area (Å²) in [5.41, 5.74) is 5.42. The van der Waals surface area contributed by atoms with Crippen molar-refractivity contribution < 1.29 is 19.8 Å². The maximum Gasteiger partial charge on any atom is 0.339 e. The first kappa shape index (κ1) is 15.3. The number of aromatic carboxylic acids is 1. The van der Waals surface area contributed by atoms with Crippen molar-refractivity contribution in [1.82, 2.24) is 0 Å². The molecule has 0 atom stereocenters. The van der Waals surface area contributed by atoms with E-state index in [9.17, 15) is 14.7 Å². The Morgan fingerprint density at radius 2 is 1.90 bits per heavy atom. The van der Waals surface area contributed by atoms with E-state index in [1.165, 1.54) is 18.2 Å². The molecule has 6 heteroatoms. The number of hydrogen-bond donors (Lipinski definition) is 4. The highest BCUT2D eigenvalue weighted by atomic mass is 16.4. The van der Waals surface area contributed by atoms with Gasteiger partial charge < -0.3 is 21.3 Å². The number of carbonyl (C=O) groups excluding carboxylic acids is 1. The summed E-state index contributed by atoms with van der Waals surface area (Å²) in [7, 11) is 0. The number of anilines is 1. The molecule has 1 aromatic rings. The van der Waals surface area contributed by atoms with Gasteiger partial charge in [0.05, 0.1) is 5.41 Å². The zero-order chi connectivity index (χ0) is 15.5. The molecular weight excluding hydrogens is 272 g/mol. The van der Waals surface area contributed by atoms with Crippen LogP contribution < -0.4 is 11.1 Å². The molecule has 114 valence electrons. The fourth-order valence-electron chi connectivity index (χ4n) is 2.81. The molecule has 1 saturated carbocycles. The summed E-state index contributed by atoms with van der Waals surface area (Å²) in [6.45, 7) is 0.290. The predicted octanol–water partition coefficient (Wildman–Crippen LogP) is 1.94. The van der Waals surface area contributed by atoms with E-state index in [0.29, 0.717) is 5.69 Å². The number of rotatable bonds is 4. The number of aromatic hydroxyl groups is 1. The highest BCUT2D eigenvalue weighted by Gasteiger charge is 2.38. The van der Waals surface area contributed by atoms with Gasteiger partial charge >= 0.3 is 5.97 Å². The van der Waals surface area contributed by atoms with E-state index >= 15 is 0 Å². The van der Waals surface area contributed by atoms with Gasteiger partial charge in [-0.3, -0.25) is 4.79 Å². The van der Waals surface area contributed by atoms with Gasteiger partial charge in [0, 0.05) is 18.3 Å². The van der Waals surface area contributed by atoms with Crippen LogP contribution in [-0.4, -0.2) is 28.6 Å². The molecule has 0 aromatic heterocycles. The number of nitrogens with one attached hydrogen (secondary N) is 1. The van der Waals surface area contributed by atoms with Crippen molar-refractivity contribution in [3.05, 3.63) is 23.8 Å². The molecule has 1 fully saturated rings. The average molecular weight is 292 g/mol. The molecule has 1 aromatic carbocycles. The van der Waals surface area contributed by atoms with Crippen LogP contribution in [0.2, 0.25) is 0 Å². The molecule has 5 N–H and O–H groups in total. The summed E-state index contributed by atoms with van der Waals surface area (Å²) in [5, 5.41) is 21.2. The number of hydrogen-bond acceptors (Lipinski definition) is 4. The Kier molecular flexibility index (Phi) is 4.47. The molecule has 0 unspecified atom stereocenters. The first-order valence-electron chi connectivity index (χ1n) is 7.06. The van der Waals surface area contributed by atoms with Gasteiger partial charge in [0.2, 0.25) is 5.91 Å². The molecule has 0 bridgehead atoms. The lowest BCUT2D eigenvalue weighted by molar-refractivity contribution is -0.126. The van der Waals surface area contributed by atoms with Gasteiger partial charge in [-0.1, -0.05) is 19.3 Å². The molecule has 0 heterocycles. The van der Waals surface area contributed by atoms with Crippen LogP contribution in [0.4, 0.5) is 5.69 Å². The lowest BCUT2D eigenvalue weighted by Gasteiger charge is -2.34. The van der Waals surface area contributed by atoms with Crippen LogP contribution in [0.15, 0.2) is 18.2 Å². The van der Waals surface area contributed by atoms with Crippen LogP contribution in [0.3, 0.4) is 0 Å². The van der Waals surface area contributed by atoms with Crippen molar-refractivity contribution in [3.63, 3.8) is 0 Å². The van der Waals surface area contributed by atoms with Crippen molar-refractivity contribution in [2.45, 2.75) is 32.1 Å². The third-order valence-corrected chi connectivity index (χ3v) is 4.17. The Morgan fingerprint density at radius 3 is 2.43 bits per heavy atom. The van der Waals surface area contributed by atoms with Gasteiger partial charge in [0.25, 0.3) is 0 Å². The van der Waals surface area contributed by atoms with Crippen molar-refractivity contribution in [3.8, 4) is 5.75 Å². The summed E-state index contributed by atoms with van der Waals surface area (Å²) in [6.07, 6.45) is 4.59. The van der Waals surface area contributed by atoms with Crippen molar-refractivity contribution in [1.29, 1.82) is 0 Å². The first-order chi connectivity index (χ1) is 9.98. The summed E-state index contributed by atoms with van der Waals surface area (Å²) in [5.74, 6) is -1.74. The predicted molar refractivity (Wildman–Crippen MR) is 78.3 cm³/mol. The summed E-state index contributed by atoms with van der Waals surface area (Å²) < 4.78 is 0. The molecule has 1 aliphatic carbocycles. The Labute approximate surface area is 123 Å². The third kappa shape index (κ3) is 3.16. The second kappa shape index (κ2) is 6.13. The standard InChI is InChI=1S/C15H20N2O4/c16-9-15(6-2-1-3-7-15)14(21)17-10-4-5-11(13(19)20)12(18)8-10/h4-5,8,18H,1-3,6-7,9,16H2,(H,17,21)(H,19,20). The molecule has 0 saturated heterocycles. The van der Waals surface area contributed by atoms with E-state index in [2.05, 4.69) is 5.32 Å². The lowest BCUT2D eigenvalue weighted by atomic mass is 9.73. The number of carboxylic acid groups (broad SMARTS) is 1. The quantitative estimate of drug-likeness (QED) is 0.677. The zero-order valence-electron chi connectivity index (χ0n) is 11.8. The highest BCUT2D eigenvalue weighted by molar-refractivity contribution is 5.97. The van der Waals surface area contributed by atoms with E-state index in [1.54, 1.807) is 0 Å². The minimum Gasteiger partial charge on any atom is -0.507 e. The Hall–Kier alpha value is -2.08. The number of amides is 1. The van der Waals surface area contributed by atoms with E-state index in [-0.39, 0.29) is 23.8 Å². The van der Waals surface area contributed by atoms with E-state index in [4.69, 9.17) is 10.8 Å². The monoisotopic (exact) mass is 292 g/mol. The van der Waals surface area contributed by atoms with Crippen molar-refractivity contribution in [2.24, 2.45) is 11.1 Å². The summed E-state index contributed by atoms with van der Waals surface area (Å²) in [4.78, 5) is 23.3. The normalized spacial score (nSPS) is 17.2. The molecule has 6 nitrogen and oxygen atoms in total. The Morgan fingerprint density at radius 1 is 1.24 bits per heavy atom. The fraction of sp³-hybridized carbons (Fsp3) is 0.467. The van der Waals surface area contributed by atoms with Crippen LogP contribution in [0.25, 0.3) is 0 Å². The Bertz CT molecular complexity index is 551. The average Bonchev–Trinajstić information content (AvgIpc) is 2.47. The topological polar surface area (TPSA) is 113 Å².